The molecule has 0 atom stereocenters. The summed E-state index contributed by atoms with van der Waals surface area (Å²) in [6.07, 6.45) is 1.71. The molecule has 0 radical (unpaired) electrons. The Bertz CT molecular complexity index is 1440. The van der Waals surface area contributed by atoms with Crippen molar-refractivity contribution in [1.82, 2.24) is 9.84 Å². The number of ketones is 2. The second-order valence-corrected chi connectivity index (χ2v) is 14.4. The molecule has 0 aromatic heterocycles. The van der Waals surface area contributed by atoms with E-state index in [9.17, 15) is 18.0 Å². The largest absolute Gasteiger partial charge is 0.294 e. The van der Waals surface area contributed by atoms with E-state index in [0.717, 1.165) is 16.7 Å². The third-order valence-corrected chi connectivity index (χ3v) is 9.18. The van der Waals surface area contributed by atoms with E-state index in [2.05, 4.69) is 4.83 Å². The summed E-state index contributed by atoms with van der Waals surface area (Å²) in [4.78, 5) is 30.6. The highest BCUT2D eigenvalue weighted by Crippen LogP contribution is 2.54. The summed E-state index contributed by atoms with van der Waals surface area (Å²) in [5.74, 6) is -0.580. The van der Waals surface area contributed by atoms with Crippen molar-refractivity contribution in [2.75, 3.05) is 0 Å². The van der Waals surface area contributed by atoms with Gasteiger partial charge in [0.25, 0.3) is 10.0 Å². The minimum absolute atomic E-state index is 0.0365. The fraction of sp³-hybridized carbons (Fsp3) is 0.419. The molecule has 7 heteroatoms. The number of sulfonamides is 1. The predicted molar refractivity (Wildman–Crippen MR) is 147 cm³/mol. The molecule has 0 saturated carbocycles. The van der Waals surface area contributed by atoms with E-state index in [1.54, 1.807) is 29.3 Å². The third-order valence-electron chi connectivity index (χ3n) is 7.86. The number of nitrogens with zero attached hydrogens (tertiary/aromatic N) is 1. The minimum Gasteiger partial charge on any atom is -0.294 e. The molecule has 0 amide bonds. The SMILES string of the molecule is Cc1ccc(C2C3=C(CC(C)(C)CC3=O)N(NS(=O)(=O)c3ccc(C)cc3)C3=C2C(=O)CC(C)(C)C3)cc1. The molecule has 1 aliphatic heterocycles. The molecule has 1 N–H and O–H groups in total. The lowest BCUT2D eigenvalue weighted by molar-refractivity contribution is -0.119. The molecule has 200 valence electrons. The molecule has 3 aliphatic rings. The normalized spacial score (nSPS) is 21.5. The van der Waals surface area contributed by atoms with Gasteiger partial charge in [-0.1, -0.05) is 75.2 Å². The van der Waals surface area contributed by atoms with Gasteiger partial charge in [-0.15, -0.1) is 4.83 Å². The lowest BCUT2D eigenvalue weighted by atomic mass is 9.64. The molecule has 0 fully saturated rings. The van der Waals surface area contributed by atoms with Crippen molar-refractivity contribution in [2.24, 2.45) is 10.8 Å². The van der Waals surface area contributed by atoms with Gasteiger partial charge in [-0.3, -0.25) is 14.6 Å². The molecule has 0 bridgehead atoms. The number of rotatable bonds is 4. The number of carbonyl (C=O) groups is 2. The number of hydrogen-bond donors (Lipinski definition) is 1. The van der Waals surface area contributed by atoms with E-state index in [1.165, 1.54) is 0 Å². The van der Waals surface area contributed by atoms with Gasteiger partial charge in [-0.25, -0.2) is 8.42 Å². The van der Waals surface area contributed by atoms with Gasteiger partial charge in [0, 0.05) is 41.3 Å². The zero-order chi connectivity index (χ0) is 27.6. The topological polar surface area (TPSA) is 83.6 Å². The summed E-state index contributed by atoms with van der Waals surface area (Å²) in [5.41, 5.74) is 4.59. The summed E-state index contributed by atoms with van der Waals surface area (Å²) >= 11 is 0. The monoisotopic (exact) mass is 532 g/mol. The van der Waals surface area contributed by atoms with Crippen LogP contribution in [0.3, 0.4) is 0 Å². The van der Waals surface area contributed by atoms with E-state index in [0.29, 0.717) is 48.2 Å². The average Bonchev–Trinajstić information content (AvgIpc) is 2.79. The predicted octanol–water partition coefficient (Wildman–Crippen LogP) is 5.88. The summed E-state index contributed by atoms with van der Waals surface area (Å²) in [5, 5.41) is 1.59. The van der Waals surface area contributed by atoms with Gasteiger partial charge >= 0.3 is 0 Å². The molecule has 38 heavy (non-hydrogen) atoms. The van der Waals surface area contributed by atoms with Crippen LogP contribution in [0.25, 0.3) is 0 Å². The quantitative estimate of drug-likeness (QED) is 0.531. The first kappa shape index (κ1) is 26.6. The van der Waals surface area contributed by atoms with Crippen LogP contribution in [-0.2, 0) is 19.6 Å². The second kappa shape index (κ2) is 9.02. The number of allylic oxidation sites excluding steroid dienone is 4. The highest BCUT2D eigenvalue weighted by atomic mass is 32.2. The van der Waals surface area contributed by atoms with Gasteiger partial charge in [-0.2, -0.15) is 0 Å². The molecule has 5 rings (SSSR count). The third kappa shape index (κ3) is 4.78. The number of aryl methyl sites for hydroxylation is 2. The maximum atomic E-state index is 13.8. The molecule has 2 aromatic rings. The van der Waals surface area contributed by atoms with Crippen molar-refractivity contribution in [3.63, 3.8) is 0 Å². The van der Waals surface area contributed by atoms with Crippen LogP contribution in [0.5, 0.6) is 0 Å². The number of benzene rings is 2. The van der Waals surface area contributed by atoms with E-state index in [4.69, 9.17) is 0 Å². The van der Waals surface area contributed by atoms with Crippen molar-refractivity contribution in [2.45, 2.75) is 78.0 Å². The van der Waals surface area contributed by atoms with Gasteiger partial charge in [0.15, 0.2) is 11.6 Å². The van der Waals surface area contributed by atoms with Gasteiger partial charge in [0.05, 0.1) is 4.90 Å². The van der Waals surface area contributed by atoms with Crippen LogP contribution in [0.1, 0.15) is 76.0 Å². The first-order valence-electron chi connectivity index (χ1n) is 13.2. The molecule has 1 heterocycles. The zero-order valence-corrected chi connectivity index (χ0v) is 23.8. The molecular formula is C31H36N2O4S. The summed E-state index contributed by atoms with van der Waals surface area (Å²) in [6.45, 7) is 12.0. The van der Waals surface area contributed by atoms with Crippen LogP contribution in [-0.4, -0.2) is 25.0 Å². The van der Waals surface area contributed by atoms with Crippen molar-refractivity contribution >= 4 is 21.6 Å². The van der Waals surface area contributed by atoms with E-state index in [-0.39, 0.29) is 27.3 Å². The first-order valence-corrected chi connectivity index (χ1v) is 14.6. The summed E-state index contributed by atoms with van der Waals surface area (Å²) < 4.78 is 27.3. The molecule has 0 saturated heterocycles. The van der Waals surface area contributed by atoms with Crippen molar-refractivity contribution < 1.29 is 18.0 Å². The van der Waals surface area contributed by atoms with Gasteiger partial charge in [0.1, 0.15) is 0 Å². The van der Waals surface area contributed by atoms with Crippen molar-refractivity contribution in [1.29, 1.82) is 0 Å². The maximum absolute atomic E-state index is 13.8. The molecule has 2 aliphatic carbocycles. The Balaban J connectivity index is 1.75. The van der Waals surface area contributed by atoms with E-state index >= 15 is 0 Å². The lowest BCUT2D eigenvalue weighted by Crippen LogP contribution is -2.50. The van der Waals surface area contributed by atoms with Crippen LogP contribution < -0.4 is 4.83 Å². The average molecular weight is 533 g/mol. The van der Waals surface area contributed by atoms with Crippen LogP contribution >= 0.6 is 0 Å². The number of nitrogens with one attached hydrogen (secondary N) is 1. The Labute approximate surface area is 225 Å². The lowest BCUT2D eigenvalue weighted by Gasteiger charge is -2.48. The fourth-order valence-electron chi connectivity index (χ4n) is 6.06. The van der Waals surface area contributed by atoms with Crippen LogP contribution in [0, 0.1) is 24.7 Å². The van der Waals surface area contributed by atoms with Gasteiger partial charge in [-0.05, 0) is 55.2 Å². The zero-order valence-electron chi connectivity index (χ0n) is 23.0. The summed E-state index contributed by atoms with van der Waals surface area (Å²) in [6, 6.07) is 14.6. The Morgan fingerprint density at radius 3 is 1.58 bits per heavy atom. The van der Waals surface area contributed by atoms with Crippen molar-refractivity contribution in [3.05, 3.63) is 87.8 Å². The number of hydrazine groups is 1. The van der Waals surface area contributed by atoms with Gasteiger partial charge in [0.2, 0.25) is 0 Å². The summed E-state index contributed by atoms with van der Waals surface area (Å²) in [7, 11) is -3.99. The van der Waals surface area contributed by atoms with Crippen LogP contribution in [0.15, 0.2) is 76.0 Å². The molecular weight excluding hydrogens is 496 g/mol. The molecule has 2 aromatic carbocycles. The number of carbonyl (C=O) groups excluding carboxylic acids is 2. The Kier molecular flexibility index (Phi) is 6.31. The van der Waals surface area contributed by atoms with Crippen molar-refractivity contribution in [3.8, 4) is 0 Å². The maximum Gasteiger partial charge on any atom is 0.257 e. The van der Waals surface area contributed by atoms with Crippen LogP contribution in [0.4, 0.5) is 0 Å². The highest BCUT2D eigenvalue weighted by molar-refractivity contribution is 7.89. The Hall–Kier alpha value is -3.03. The highest BCUT2D eigenvalue weighted by Gasteiger charge is 2.49. The standard InChI is InChI=1S/C31H36N2O4S/c1-19-7-11-21(12-8-19)27-28-23(15-30(3,4)17-25(28)34)33(24-16-31(5,6)18-26(35)29(24)27)32-38(36,37)22-13-9-20(2)10-14-22/h7-14,27,32H,15-18H2,1-6H3. The van der Waals surface area contributed by atoms with Crippen LogP contribution in [0.2, 0.25) is 0 Å². The van der Waals surface area contributed by atoms with Gasteiger partial charge < -0.3 is 0 Å². The molecule has 0 unspecified atom stereocenters. The smallest absolute Gasteiger partial charge is 0.257 e. The Morgan fingerprint density at radius 1 is 0.711 bits per heavy atom. The number of hydrogen-bond acceptors (Lipinski definition) is 5. The minimum atomic E-state index is -3.99. The number of Topliss-reactive ketones (excluding diaryl/α,β-unsaturated/α-hetero) is 2. The van der Waals surface area contributed by atoms with E-state index in [1.807, 2.05) is 65.8 Å². The molecule has 0 spiro atoms. The van der Waals surface area contributed by atoms with E-state index < -0.39 is 15.9 Å². The second-order valence-electron chi connectivity index (χ2n) is 12.7. The fourth-order valence-corrected chi connectivity index (χ4v) is 7.12. The Morgan fingerprint density at radius 2 is 1.13 bits per heavy atom. The molecule has 6 nitrogen and oxygen atoms in total. The first-order chi connectivity index (χ1) is 17.7.